The Bertz CT molecular complexity index is 447. The molecule has 3 atom stereocenters. The first-order valence-corrected chi connectivity index (χ1v) is 9.05. The third-order valence-electron chi connectivity index (χ3n) is 4.24. The lowest BCUT2D eigenvalue weighted by Gasteiger charge is -2.45. The standard InChI is InChI=1S/C14H27N2O5P/c1-11(2)16(22(17,18)19)14(3,6-5-7-15)8-12-9-21-10-13(12)20-4/h11-13H,5-6,8-10H2,1-4H3,(H2,17,18,19). The molecule has 1 aliphatic heterocycles. The van der Waals surface area contributed by atoms with Gasteiger partial charge in [0.1, 0.15) is 0 Å². The van der Waals surface area contributed by atoms with Gasteiger partial charge in [-0.2, -0.15) is 5.26 Å². The molecule has 1 fully saturated rings. The lowest BCUT2D eigenvalue weighted by molar-refractivity contribution is 0.0373. The third-order valence-corrected chi connectivity index (χ3v) is 5.75. The second kappa shape index (κ2) is 7.87. The molecule has 1 aliphatic rings. The summed E-state index contributed by atoms with van der Waals surface area (Å²) >= 11 is 0. The maximum Gasteiger partial charge on any atom is 0.403 e. The van der Waals surface area contributed by atoms with Crippen LogP contribution in [0.1, 0.15) is 40.0 Å². The van der Waals surface area contributed by atoms with Crippen LogP contribution in [0.2, 0.25) is 0 Å². The molecular formula is C14H27N2O5P. The van der Waals surface area contributed by atoms with Crippen molar-refractivity contribution in [2.75, 3.05) is 20.3 Å². The molecule has 0 aliphatic carbocycles. The van der Waals surface area contributed by atoms with E-state index in [1.165, 1.54) is 4.67 Å². The first-order valence-electron chi connectivity index (χ1n) is 7.48. The van der Waals surface area contributed by atoms with Crippen molar-refractivity contribution in [1.29, 1.82) is 5.26 Å². The van der Waals surface area contributed by atoms with E-state index in [9.17, 15) is 14.4 Å². The first kappa shape index (κ1) is 19.6. The molecule has 7 nitrogen and oxygen atoms in total. The zero-order valence-electron chi connectivity index (χ0n) is 13.7. The summed E-state index contributed by atoms with van der Waals surface area (Å²) in [7, 11) is -2.82. The van der Waals surface area contributed by atoms with Crippen LogP contribution in [0, 0.1) is 17.2 Å². The van der Waals surface area contributed by atoms with Crippen LogP contribution < -0.4 is 0 Å². The minimum Gasteiger partial charge on any atom is -0.379 e. The minimum atomic E-state index is -4.44. The van der Waals surface area contributed by atoms with E-state index in [-0.39, 0.29) is 24.5 Å². The van der Waals surface area contributed by atoms with Crippen LogP contribution in [0.5, 0.6) is 0 Å². The van der Waals surface area contributed by atoms with E-state index in [4.69, 9.17) is 14.7 Å². The second-order valence-corrected chi connectivity index (χ2v) is 7.84. The molecule has 0 bridgehead atoms. The Kier molecular flexibility index (Phi) is 7.00. The summed E-state index contributed by atoms with van der Waals surface area (Å²) in [6.45, 7) is 6.32. The molecule has 1 rings (SSSR count). The summed E-state index contributed by atoms with van der Waals surface area (Å²) in [6, 6.07) is 1.74. The van der Waals surface area contributed by atoms with Gasteiger partial charge in [-0.05, 0) is 33.6 Å². The van der Waals surface area contributed by atoms with Crippen LogP contribution in [0.25, 0.3) is 0 Å². The highest BCUT2D eigenvalue weighted by molar-refractivity contribution is 7.49. The fraction of sp³-hybridized carbons (Fsp3) is 0.929. The van der Waals surface area contributed by atoms with Crippen molar-refractivity contribution in [3.05, 3.63) is 0 Å². The van der Waals surface area contributed by atoms with Gasteiger partial charge in [0.2, 0.25) is 0 Å². The summed E-state index contributed by atoms with van der Waals surface area (Å²) in [5.41, 5.74) is -0.794. The summed E-state index contributed by atoms with van der Waals surface area (Å²) < 4.78 is 24.1. The predicted molar refractivity (Wildman–Crippen MR) is 82.0 cm³/mol. The Morgan fingerprint density at radius 3 is 2.59 bits per heavy atom. The maximum atomic E-state index is 12.0. The van der Waals surface area contributed by atoms with Gasteiger partial charge in [0.15, 0.2) is 0 Å². The van der Waals surface area contributed by atoms with Crippen LogP contribution in [0.15, 0.2) is 0 Å². The zero-order valence-corrected chi connectivity index (χ0v) is 14.6. The van der Waals surface area contributed by atoms with Crippen molar-refractivity contribution in [3.8, 4) is 6.07 Å². The molecule has 0 aromatic carbocycles. The Morgan fingerprint density at radius 1 is 1.50 bits per heavy atom. The lowest BCUT2D eigenvalue weighted by atomic mass is 9.83. The molecule has 0 spiro atoms. The Hall–Kier alpha value is -0.480. The number of nitriles is 1. The van der Waals surface area contributed by atoms with Crippen LogP contribution in [-0.2, 0) is 14.0 Å². The van der Waals surface area contributed by atoms with Gasteiger partial charge in [0.05, 0.1) is 25.4 Å². The van der Waals surface area contributed by atoms with E-state index in [0.717, 1.165) is 0 Å². The van der Waals surface area contributed by atoms with E-state index in [1.807, 2.05) is 6.92 Å². The molecule has 0 aromatic rings. The monoisotopic (exact) mass is 334 g/mol. The highest BCUT2D eigenvalue weighted by Crippen LogP contribution is 2.51. The quantitative estimate of drug-likeness (QED) is 0.653. The summed E-state index contributed by atoms with van der Waals surface area (Å²) in [6.07, 6.45) is 1.06. The fourth-order valence-corrected chi connectivity index (χ4v) is 4.88. The largest absolute Gasteiger partial charge is 0.403 e. The molecule has 1 saturated heterocycles. The van der Waals surface area contributed by atoms with Crippen molar-refractivity contribution >= 4 is 7.75 Å². The number of methoxy groups -OCH3 is 1. The first-order chi connectivity index (χ1) is 10.2. The van der Waals surface area contributed by atoms with Crippen LogP contribution in [0.3, 0.4) is 0 Å². The van der Waals surface area contributed by atoms with Gasteiger partial charge in [-0.25, -0.2) is 9.24 Å². The van der Waals surface area contributed by atoms with E-state index < -0.39 is 13.3 Å². The van der Waals surface area contributed by atoms with Gasteiger partial charge in [-0.15, -0.1) is 0 Å². The van der Waals surface area contributed by atoms with Crippen molar-refractivity contribution in [2.24, 2.45) is 5.92 Å². The van der Waals surface area contributed by atoms with Crippen LogP contribution in [0.4, 0.5) is 0 Å². The van der Waals surface area contributed by atoms with Gasteiger partial charge in [-0.3, -0.25) is 0 Å². The van der Waals surface area contributed by atoms with Crippen molar-refractivity contribution in [2.45, 2.75) is 57.7 Å². The van der Waals surface area contributed by atoms with E-state index in [2.05, 4.69) is 6.07 Å². The van der Waals surface area contributed by atoms with Crippen molar-refractivity contribution in [3.63, 3.8) is 0 Å². The molecule has 3 unspecified atom stereocenters. The van der Waals surface area contributed by atoms with Gasteiger partial charge in [-0.1, -0.05) is 0 Å². The molecular weight excluding hydrogens is 307 g/mol. The predicted octanol–water partition coefficient (Wildman–Crippen LogP) is 1.90. The molecule has 1 heterocycles. The SMILES string of the molecule is COC1COCC1CC(C)(CCC#N)N(C(C)C)P(=O)(O)O. The number of nitrogens with zero attached hydrogens (tertiary/aromatic N) is 2. The molecule has 8 heteroatoms. The number of hydrogen-bond acceptors (Lipinski definition) is 4. The molecule has 128 valence electrons. The lowest BCUT2D eigenvalue weighted by Crippen LogP contribution is -2.50. The summed E-state index contributed by atoms with van der Waals surface area (Å²) in [5, 5.41) is 8.90. The molecule has 22 heavy (non-hydrogen) atoms. The number of ether oxygens (including phenoxy) is 2. The van der Waals surface area contributed by atoms with E-state index >= 15 is 0 Å². The highest BCUT2D eigenvalue weighted by atomic mass is 31.2. The topological polar surface area (TPSA) is 103 Å². The average Bonchev–Trinajstić information content (AvgIpc) is 2.81. The number of hydrogen-bond donors (Lipinski definition) is 2. The Balaban J connectivity index is 3.07. The Labute approximate surface area is 132 Å². The van der Waals surface area contributed by atoms with Gasteiger partial charge < -0.3 is 19.3 Å². The van der Waals surface area contributed by atoms with Crippen LogP contribution in [-0.4, -0.2) is 52.5 Å². The van der Waals surface area contributed by atoms with E-state index in [0.29, 0.717) is 26.1 Å². The smallest absolute Gasteiger partial charge is 0.379 e. The van der Waals surface area contributed by atoms with Gasteiger partial charge in [0.25, 0.3) is 0 Å². The number of rotatable bonds is 8. The second-order valence-electron chi connectivity index (χ2n) is 6.38. The maximum absolute atomic E-state index is 12.0. The molecule has 0 aromatic heterocycles. The zero-order chi connectivity index (χ0) is 17.0. The summed E-state index contributed by atoms with van der Waals surface area (Å²) in [5.74, 6) is 0.0569. The van der Waals surface area contributed by atoms with Crippen molar-refractivity contribution < 1.29 is 23.8 Å². The summed E-state index contributed by atoms with van der Waals surface area (Å²) in [4.78, 5) is 19.5. The average molecular weight is 334 g/mol. The van der Waals surface area contributed by atoms with Gasteiger partial charge in [0, 0.05) is 31.0 Å². The van der Waals surface area contributed by atoms with Gasteiger partial charge >= 0.3 is 7.75 Å². The third kappa shape index (κ3) is 4.76. The van der Waals surface area contributed by atoms with Crippen molar-refractivity contribution in [1.82, 2.24) is 4.67 Å². The normalized spacial score (nSPS) is 25.4. The fourth-order valence-electron chi connectivity index (χ4n) is 3.47. The minimum absolute atomic E-state index is 0.0569. The van der Waals surface area contributed by atoms with E-state index in [1.54, 1.807) is 21.0 Å². The molecule has 0 radical (unpaired) electrons. The molecule has 0 amide bonds. The Morgan fingerprint density at radius 2 is 2.14 bits per heavy atom. The highest BCUT2D eigenvalue weighted by Gasteiger charge is 2.46. The molecule has 2 N–H and O–H groups in total. The van der Waals surface area contributed by atoms with Crippen LogP contribution >= 0.6 is 7.75 Å². The molecule has 0 saturated carbocycles.